The van der Waals surface area contributed by atoms with Gasteiger partial charge in [0.15, 0.2) is 0 Å². The molecule has 0 aliphatic carbocycles. The van der Waals surface area contributed by atoms with Crippen LogP contribution in [0.3, 0.4) is 0 Å². The van der Waals surface area contributed by atoms with Gasteiger partial charge in [0.2, 0.25) is 0 Å². The molecule has 4 rings (SSSR count). The molecule has 0 fully saturated rings. The smallest absolute Gasteiger partial charge is 0.126 e. The van der Waals surface area contributed by atoms with Crippen molar-refractivity contribution in [3.05, 3.63) is 103 Å². The topological polar surface area (TPSA) is 9.23 Å². The molecule has 4 aromatic rings. The maximum Gasteiger partial charge on any atom is 0.126 e. The summed E-state index contributed by atoms with van der Waals surface area (Å²) in [5, 5.41) is 0. The first-order valence-electron chi connectivity index (χ1n) is 9.16. The zero-order valence-electron chi connectivity index (χ0n) is 15.6. The predicted octanol–water partition coefficient (Wildman–Crippen LogP) is 7.00. The first-order valence-corrected chi connectivity index (χ1v) is 9.16. The van der Waals surface area contributed by atoms with Crippen molar-refractivity contribution in [3.8, 4) is 39.1 Å². The van der Waals surface area contributed by atoms with E-state index in [0.29, 0.717) is 0 Å². The molecule has 0 atom stereocenters. The number of rotatable bonds is 4. The summed E-state index contributed by atoms with van der Waals surface area (Å²) in [5.41, 5.74) is 8.45. The molecule has 0 aromatic heterocycles. The van der Waals surface area contributed by atoms with Gasteiger partial charge in [-0.2, -0.15) is 0 Å². The summed E-state index contributed by atoms with van der Waals surface area (Å²) in [5.74, 6) is 0.889. The zero-order valence-corrected chi connectivity index (χ0v) is 15.6. The second-order valence-corrected chi connectivity index (χ2v) is 6.68. The van der Waals surface area contributed by atoms with Gasteiger partial charge in [0, 0.05) is 5.56 Å². The van der Waals surface area contributed by atoms with E-state index in [1.54, 1.807) is 7.11 Å². The number of hydrogen-bond acceptors (Lipinski definition) is 1. The highest BCUT2D eigenvalue weighted by Gasteiger charge is 2.10. The summed E-state index contributed by atoms with van der Waals surface area (Å²) < 4.78 is 5.60. The van der Waals surface area contributed by atoms with Crippen LogP contribution in [0.5, 0.6) is 5.75 Å². The van der Waals surface area contributed by atoms with Crippen LogP contribution in [0.4, 0.5) is 0 Å². The Bertz CT molecular complexity index is 1050. The van der Waals surface area contributed by atoms with Crippen LogP contribution < -0.4 is 4.74 Å². The highest BCUT2D eigenvalue weighted by atomic mass is 16.5. The number of benzene rings is 4. The molecule has 0 bridgehead atoms. The Morgan fingerprint density at radius 1 is 0.519 bits per heavy atom. The van der Waals surface area contributed by atoms with Gasteiger partial charge in [0.25, 0.3) is 0 Å². The predicted molar refractivity (Wildman–Crippen MR) is 114 cm³/mol. The standard InChI is InChI=1S/C26H22O/c1-19-13-14-22(17-24(19)20-9-5-3-6-10-20)23-15-16-26(27-2)25(18-23)21-11-7-4-8-12-21/h3-18H,1-2H3. The second-order valence-electron chi connectivity index (χ2n) is 6.68. The number of hydrogen-bond donors (Lipinski definition) is 0. The molecule has 0 aliphatic heterocycles. The van der Waals surface area contributed by atoms with E-state index in [1.165, 1.54) is 27.8 Å². The van der Waals surface area contributed by atoms with E-state index < -0.39 is 0 Å². The molecular formula is C26H22O. The third-order valence-corrected chi connectivity index (χ3v) is 4.94. The molecule has 4 aromatic carbocycles. The van der Waals surface area contributed by atoms with Crippen LogP contribution in [0.2, 0.25) is 0 Å². The molecule has 0 aliphatic rings. The fraction of sp³-hybridized carbons (Fsp3) is 0.0769. The fourth-order valence-corrected chi connectivity index (χ4v) is 3.46. The molecule has 1 nitrogen and oxygen atoms in total. The van der Waals surface area contributed by atoms with Crippen molar-refractivity contribution in [1.29, 1.82) is 0 Å². The normalized spacial score (nSPS) is 10.6. The molecule has 0 amide bonds. The largest absolute Gasteiger partial charge is 0.496 e. The molecule has 0 saturated carbocycles. The van der Waals surface area contributed by atoms with Gasteiger partial charge in [-0.1, -0.05) is 78.9 Å². The van der Waals surface area contributed by atoms with Crippen LogP contribution in [0.25, 0.3) is 33.4 Å². The summed E-state index contributed by atoms with van der Waals surface area (Å²) in [6.07, 6.45) is 0. The van der Waals surface area contributed by atoms with Crippen molar-refractivity contribution < 1.29 is 4.74 Å². The number of methoxy groups -OCH3 is 1. The lowest BCUT2D eigenvalue weighted by molar-refractivity contribution is 0.416. The summed E-state index contributed by atoms with van der Waals surface area (Å²) >= 11 is 0. The Labute approximate surface area is 160 Å². The van der Waals surface area contributed by atoms with E-state index in [9.17, 15) is 0 Å². The molecule has 1 heteroatoms. The molecule has 0 unspecified atom stereocenters. The van der Waals surface area contributed by atoms with Gasteiger partial charge in [0.1, 0.15) is 5.75 Å². The van der Waals surface area contributed by atoms with Crippen molar-refractivity contribution in [1.82, 2.24) is 0 Å². The Balaban J connectivity index is 1.83. The minimum Gasteiger partial charge on any atom is -0.496 e. The van der Waals surface area contributed by atoms with Crippen LogP contribution >= 0.6 is 0 Å². The van der Waals surface area contributed by atoms with Gasteiger partial charge in [-0.15, -0.1) is 0 Å². The highest BCUT2D eigenvalue weighted by Crippen LogP contribution is 2.36. The van der Waals surface area contributed by atoms with Crippen LogP contribution in [0.1, 0.15) is 5.56 Å². The van der Waals surface area contributed by atoms with E-state index in [1.807, 2.05) is 6.07 Å². The summed E-state index contributed by atoms with van der Waals surface area (Å²) in [7, 11) is 1.72. The Morgan fingerprint density at radius 2 is 1.04 bits per heavy atom. The fourth-order valence-electron chi connectivity index (χ4n) is 3.46. The van der Waals surface area contributed by atoms with Crippen LogP contribution in [-0.2, 0) is 0 Å². The molecule has 0 heterocycles. The maximum absolute atomic E-state index is 5.60. The minimum atomic E-state index is 0.889. The van der Waals surface area contributed by atoms with Crippen molar-refractivity contribution in [2.24, 2.45) is 0 Å². The van der Waals surface area contributed by atoms with Gasteiger partial charge in [-0.3, -0.25) is 0 Å². The van der Waals surface area contributed by atoms with Crippen LogP contribution in [-0.4, -0.2) is 7.11 Å². The lowest BCUT2D eigenvalue weighted by atomic mass is 9.93. The highest BCUT2D eigenvalue weighted by molar-refractivity contribution is 5.80. The molecular weight excluding hydrogens is 328 g/mol. The van der Waals surface area contributed by atoms with E-state index in [0.717, 1.165) is 16.9 Å². The molecule has 0 spiro atoms. The van der Waals surface area contributed by atoms with Crippen molar-refractivity contribution >= 4 is 0 Å². The third kappa shape index (κ3) is 3.50. The zero-order chi connectivity index (χ0) is 18.6. The van der Waals surface area contributed by atoms with Gasteiger partial charge >= 0.3 is 0 Å². The Hall–Kier alpha value is -3.32. The molecule has 0 N–H and O–H groups in total. The SMILES string of the molecule is COc1ccc(-c2ccc(C)c(-c3ccccc3)c2)cc1-c1ccccc1. The van der Waals surface area contributed by atoms with Gasteiger partial charge < -0.3 is 4.74 Å². The average Bonchev–Trinajstić information content (AvgIpc) is 2.75. The van der Waals surface area contributed by atoms with Crippen molar-refractivity contribution in [2.75, 3.05) is 7.11 Å². The number of aryl methyl sites for hydroxylation is 1. The van der Waals surface area contributed by atoms with Gasteiger partial charge in [0.05, 0.1) is 7.11 Å². The molecule has 27 heavy (non-hydrogen) atoms. The summed E-state index contributed by atoms with van der Waals surface area (Å²) in [4.78, 5) is 0. The van der Waals surface area contributed by atoms with Gasteiger partial charge in [-0.05, 0) is 58.5 Å². The van der Waals surface area contributed by atoms with E-state index in [-0.39, 0.29) is 0 Å². The summed E-state index contributed by atoms with van der Waals surface area (Å²) in [6.45, 7) is 2.16. The van der Waals surface area contributed by atoms with Crippen LogP contribution in [0.15, 0.2) is 97.1 Å². The van der Waals surface area contributed by atoms with Gasteiger partial charge in [-0.25, -0.2) is 0 Å². The minimum absolute atomic E-state index is 0.889. The first kappa shape index (κ1) is 17.1. The number of ether oxygens (including phenoxy) is 1. The Morgan fingerprint density at radius 3 is 1.63 bits per heavy atom. The first-order chi connectivity index (χ1) is 13.3. The molecule has 132 valence electrons. The van der Waals surface area contributed by atoms with E-state index in [2.05, 4.69) is 97.9 Å². The Kier molecular flexibility index (Phi) is 4.76. The average molecular weight is 350 g/mol. The third-order valence-electron chi connectivity index (χ3n) is 4.94. The van der Waals surface area contributed by atoms with E-state index in [4.69, 9.17) is 4.74 Å². The quantitative estimate of drug-likeness (QED) is 0.385. The van der Waals surface area contributed by atoms with Crippen LogP contribution in [0, 0.1) is 6.92 Å². The monoisotopic (exact) mass is 350 g/mol. The lowest BCUT2D eigenvalue weighted by Gasteiger charge is -2.13. The second kappa shape index (κ2) is 7.51. The summed E-state index contributed by atoms with van der Waals surface area (Å²) in [6, 6.07) is 34.0. The maximum atomic E-state index is 5.60. The lowest BCUT2D eigenvalue weighted by Crippen LogP contribution is -1.90. The molecule has 0 saturated heterocycles. The van der Waals surface area contributed by atoms with Crippen molar-refractivity contribution in [3.63, 3.8) is 0 Å². The van der Waals surface area contributed by atoms with E-state index >= 15 is 0 Å². The molecule has 0 radical (unpaired) electrons. The van der Waals surface area contributed by atoms with Crippen molar-refractivity contribution in [2.45, 2.75) is 6.92 Å².